The molecule has 0 saturated heterocycles. The first-order valence-electron chi connectivity index (χ1n) is 6.55. The van der Waals surface area contributed by atoms with E-state index in [1.807, 2.05) is 6.08 Å². The first-order valence-corrected chi connectivity index (χ1v) is 7.34. The first kappa shape index (κ1) is 15.6. The molecule has 1 aliphatic rings. The molecule has 0 saturated carbocycles. The number of methoxy groups -OCH3 is 2. The number of hydrogen-bond acceptors (Lipinski definition) is 4. The quantitative estimate of drug-likeness (QED) is 0.574. The zero-order valence-corrected chi connectivity index (χ0v) is 13.6. The van der Waals surface area contributed by atoms with E-state index in [-0.39, 0.29) is 5.97 Å². The highest BCUT2D eigenvalue weighted by Crippen LogP contribution is 2.41. The number of allylic oxidation sites excluding steroid dienone is 1. The molecule has 0 heterocycles. The third-order valence-electron chi connectivity index (χ3n) is 3.34. The van der Waals surface area contributed by atoms with Crippen LogP contribution in [0, 0.1) is 0 Å². The van der Waals surface area contributed by atoms with Gasteiger partial charge in [0.1, 0.15) is 17.6 Å². The van der Waals surface area contributed by atoms with Crippen molar-refractivity contribution in [2.45, 2.75) is 18.9 Å². The molecule has 1 aromatic carbocycles. The van der Waals surface area contributed by atoms with Gasteiger partial charge in [-0.15, -0.1) is 0 Å². The van der Waals surface area contributed by atoms with Gasteiger partial charge in [0.25, 0.3) is 0 Å². The Morgan fingerprint density at radius 1 is 1.33 bits per heavy atom. The van der Waals surface area contributed by atoms with E-state index >= 15 is 0 Å². The summed E-state index contributed by atoms with van der Waals surface area (Å²) in [4.78, 5) is 12.0. The molecule has 1 aromatic rings. The Morgan fingerprint density at radius 3 is 2.43 bits per heavy atom. The second-order valence-electron chi connectivity index (χ2n) is 4.53. The molecular formula is C16H17BrO4. The van der Waals surface area contributed by atoms with Crippen LogP contribution >= 0.6 is 15.9 Å². The number of halogens is 1. The second-order valence-corrected chi connectivity index (χ2v) is 5.32. The molecule has 2 rings (SSSR count). The van der Waals surface area contributed by atoms with Crippen molar-refractivity contribution in [1.82, 2.24) is 0 Å². The Bertz CT molecular complexity index is 592. The third kappa shape index (κ3) is 3.13. The average molecular weight is 353 g/mol. The van der Waals surface area contributed by atoms with Crippen molar-refractivity contribution < 1.29 is 19.0 Å². The van der Waals surface area contributed by atoms with E-state index in [9.17, 15) is 4.79 Å². The lowest BCUT2D eigenvalue weighted by Crippen LogP contribution is -2.16. The van der Waals surface area contributed by atoms with Crippen LogP contribution in [-0.2, 0) is 9.53 Å². The molecule has 0 amide bonds. The van der Waals surface area contributed by atoms with Crippen molar-refractivity contribution in [3.8, 4) is 11.5 Å². The first-order chi connectivity index (χ1) is 10.1. The van der Waals surface area contributed by atoms with Crippen molar-refractivity contribution in [1.29, 1.82) is 0 Å². The van der Waals surface area contributed by atoms with Gasteiger partial charge in [0.15, 0.2) is 0 Å². The molecule has 0 fully saturated rings. The molecule has 112 valence electrons. The van der Waals surface area contributed by atoms with Crippen LogP contribution in [0.25, 0.3) is 0 Å². The normalized spacial score (nSPS) is 14.5. The number of hydrogen-bond donors (Lipinski definition) is 0. The summed E-state index contributed by atoms with van der Waals surface area (Å²) in [5.74, 6) is 0.919. The molecule has 1 atom stereocenters. The highest BCUT2D eigenvalue weighted by Gasteiger charge is 2.25. The molecule has 0 radical (unpaired) electrons. The van der Waals surface area contributed by atoms with Crippen LogP contribution in [0.1, 0.15) is 24.5 Å². The van der Waals surface area contributed by atoms with E-state index in [0.717, 1.165) is 12.8 Å². The van der Waals surface area contributed by atoms with Gasteiger partial charge < -0.3 is 14.2 Å². The van der Waals surface area contributed by atoms with E-state index < -0.39 is 6.10 Å². The summed E-state index contributed by atoms with van der Waals surface area (Å²) in [7, 11) is 3.14. The standard InChI is InChI=1S/C16H17BrO4/c1-4-11(21-16(18)10-6-5-7-10)14-12(19-2)8-9-13(20-3)15(14)17/h4,6,8-9,11H,1,5,7H2,2-3H3/t11-/m0/s1. The van der Waals surface area contributed by atoms with Gasteiger partial charge in [-0.2, -0.15) is 0 Å². The van der Waals surface area contributed by atoms with Crippen LogP contribution in [0.5, 0.6) is 11.5 Å². The Labute approximate surface area is 132 Å². The topological polar surface area (TPSA) is 44.8 Å². The van der Waals surface area contributed by atoms with Crippen molar-refractivity contribution in [3.05, 3.63) is 46.5 Å². The SMILES string of the molecule is C=C[C@H](OC(=O)C1=CCC1)c1c(OC)ccc(OC)c1Br. The fraction of sp³-hybridized carbons (Fsp3) is 0.312. The minimum Gasteiger partial charge on any atom is -0.496 e. The van der Waals surface area contributed by atoms with E-state index in [1.165, 1.54) is 0 Å². The predicted octanol–water partition coefficient (Wildman–Crippen LogP) is 3.96. The van der Waals surface area contributed by atoms with E-state index in [4.69, 9.17) is 14.2 Å². The summed E-state index contributed by atoms with van der Waals surface area (Å²) in [5.41, 5.74) is 1.39. The summed E-state index contributed by atoms with van der Waals surface area (Å²) in [6, 6.07) is 3.55. The van der Waals surface area contributed by atoms with Crippen LogP contribution < -0.4 is 9.47 Å². The molecule has 1 aliphatic carbocycles. The third-order valence-corrected chi connectivity index (χ3v) is 4.16. The van der Waals surface area contributed by atoms with Crippen LogP contribution in [0.2, 0.25) is 0 Å². The molecule has 0 bridgehead atoms. The number of ether oxygens (including phenoxy) is 3. The smallest absolute Gasteiger partial charge is 0.334 e. The number of rotatable bonds is 6. The molecule has 21 heavy (non-hydrogen) atoms. The number of esters is 1. The second kappa shape index (κ2) is 6.80. The summed E-state index contributed by atoms with van der Waals surface area (Å²) < 4.78 is 16.8. The molecule has 0 unspecified atom stereocenters. The average Bonchev–Trinajstić information content (AvgIpc) is 2.42. The van der Waals surface area contributed by atoms with E-state index in [0.29, 0.717) is 27.1 Å². The zero-order chi connectivity index (χ0) is 15.4. The highest BCUT2D eigenvalue weighted by molar-refractivity contribution is 9.10. The van der Waals surface area contributed by atoms with Crippen molar-refractivity contribution in [3.63, 3.8) is 0 Å². The van der Waals surface area contributed by atoms with Crippen LogP contribution in [0.15, 0.2) is 40.9 Å². The Balaban J connectivity index is 2.36. The maximum atomic E-state index is 12.0. The lowest BCUT2D eigenvalue weighted by Gasteiger charge is -2.22. The van der Waals surface area contributed by atoms with Gasteiger partial charge in [-0.25, -0.2) is 4.79 Å². The number of benzene rings is 1. The summed E-state index contributed by atoms with van der Waals surface area (Å²) in [5, 5.41) is 0. The van der Waals surface area contributed by atoms with Crippen molar-refractivity contribution in [2.24, 2.45) is 0 Å². The largest absolute Gasteiger partial charge is 0.496 e. The molecule has 0 aromatic heterocycles. The Hall–Kier alpha value is -1.75. The minimum absolute atomic E-state index is 0.317. The van der Waals surface area contributed by atoms with E-state index in [1.54, 1.807) is 32.4 Å². The van der Waals surface area contributed by atoms with Crippen molar-refractivity contribution in [2.75, 3.05) is 14.2 Å². The maximum Gasteiger partial charge on any atom is 0.334 e. The minimum atomic E-state index is -0.613. The number of carbonyl (C=O) groups is 1. The fourth-order valence-electron chi connectivity index (χ4n) is 2.05. The lowest BCUT2D eigenvalue weighted by atomic mass is 9.99. The van der Waals surface area contributed by atoms with Gasteiger partial charge in [-0.05, 0) is 47.0 Å². The van der Waals surface area contributed by atoms with Gasteiger partial charge >= 0.3 is 5.97 Å². The van der Waals surface area contributed by atoms with Gasteiger partial charge in [0, 0.05) is 5.57 Å². The highest BCUT2D eigenvalue weighted by atomic mass is 79.9. The lowest BCUT2D eigenvalue weighted by molar-refractivity contribution is -0.143. The molecule has 0 spiro atoms. The molecule has 0 N–H and O–H groups in total. The molecule has 5 heteroatoms. The monoisotopic (exact) mass is 352 g/mol. The Morgan fingerprint density at radius 2 is 1.95 bits per heavy atom. The van der Waals surface area contributed by atoms with Gasteiger partial charge in [-0.1, -0.05) is 12.7 Å². The fourth-order valence-corrected chi connectivity index (χ4v) is 2.76. The van der Waals surface area contributed by atoms with Gasteiger partial charge in [-0.3, -0.25) is 0 Å². The predicted molar refractivity (Wildman–Crippen MR) is 83.6 cm³/mol. The zero-order valence-electron chi connectivity index (χ0n) is 12.0. The summed E-state index contributed by atoms with van der Waals surface area (Å²) >= 11 is 3.47. The van der Waals surface area contributed by atoms with Crippen LogP contribution in [0.4, 0.5) is 0 Å². The molecule has 4 nitrogen and oxygen atoms in total. The maximum absolute atomic E-state index is 12.0. The molecular weight excluding hydrogens is 336 g/mol. The summed E-state index contributed by atoms with van der Waals surface area (Å²) in [6.07, 6.45) is 4.52. The van der Waals surface area contributed by atoms with Gasteiger partial charge in [0.2, 0.25) is 0 Å². The summed E-state index contributed by atoms with van der Waals surface area (Å²) in [6.45, 7) is 3.75. The number of carbonyl (C=O) groups excluding carboxylic acids is 1. The van der Waals surface area contributed by atoms with E-state index in [2.05, 4.69) is 22.5 Å². The Kier molecular flexibility index (Phi) is 5.07. The van der Waals surface area contributed by atoms with Gasteiger partial charge in [0.05, 0.1) is 24.3 Å². The molecule has 0 aliphatic heterocycles. The van der Waals surface area contributed by atoms with Crippen LogP contribution in [0.3, 0.4) is 0 Å². The van der Waals surface area contributed by atoms with Crippen molar-refractivity contribution >= 4 is 21.9 Å². The van der Waals surface area contributed by atoms with Crippen LogP contribution in [-0.4, -0.2) is 20.2 Å².